The molecule has 1 aromatic heterocycles. The van der Waals surface area contributed by atoms with Crippen LogP contribution in [0, 0.1) is 0 Å². The second-order valence-corrected chi connectivity index (χ2v) is 6.86. The molecule has 0 bridgehead atoms. The van der Waals surface area contributed by atoms with Gasteiger partial charge in [-0.3, -0.25) is 4.90 Å². The van der Waals surface area contributed by atoms with E-state index in [1.54, 1.807) is 13.2 Å². The molecule has 1 fully saturated rings. The van der Waals surface area contributed by atoms with Gasteiger partial charge in [-0.15, -0.1) is 0 Å². The first-order valence-corrected chi connectivity index (χ1v) is 7.26. The average Bonchev–Trinajstić information content (AvgIpc) is 2.70. The van der Waals surface area contributed by atoms with Crippen LogP contribution in [0.2, 0.25) is 0 Å². The van der Waals surface area contributed by atoms with Gasteiger partial charge >= 0.3 is 0 Å². The minimum Gasteiger partial charge on any atom is -0.468 e. The molecular weight excluding hydrogens is 226 g/mol. The number of hydrogen-bond donors (Lipinski definition) is 0. The number of hydrogen-bond acceptors (Lipinski definition) is 4. The minimum absolute atomic E-state index is 0.214. The Bertz CT molecular complexity index is 424. The fourth-order valence-electron chi connectivity index (χ4n) is 1.89. The van der Waals surface area contributed by atoms with Crippen LogP contribution in [0.4, 0.5) is 0 Å². The third-order valence-electron chi connectivity index (χ3n) is 3.12. The quantitative estimate of drug-likeness (QED) is 0.785. The van der Waals surface area contributed by atoms with Gasteiger partial charge in [-0.05, 0) is 32.0 Å². The van der Waals surface area contributed by atoms with E-state index in [4.69, 9.17) is 4.42 Å². The number of nitrogens with zero attached hydrogens (tertiary/aromatic N) is 1. The summed E-state index contributed by atoms with van der Waals surface area (Å²) >= 11 is 0. The van der Waals surface area contributed by atoms with Crippen LogP contribution in [0.1, 0.15) is 19.1 Å². The molecule has 2 rings (SSSR count). The van der Waals surface area contributed by atoms with Crippen LogP contribution in [0.25, 0.3) is 0 Å². The van der Waals surface area contributed by atoms with Crippen LogP contribution in [-0.2, 0) is 16.4 Å². The number of furan rings is 1. The molecule has 1 saturated heterocycles. The zero-order chi connectivity index (χ0) is 11.6. The lowest BCUT2D eigenvalue weighted by molar-refractivity contribution is 0.259. The Labute approximate surface area is 96.2 Å². The van der Waals surface area contributed by atoms with E-state index < -0.39 is 9.84 Å². The van der Waals surface area contributed by atoms with Crippen molar-refractivity contribution in [3.05, 3.63) is 24.2 Å². The van der Waals surface area contributed by atoms with Gasteiger partial charge < -0.3 is 4.42 Å². The van der Waals surface area contributed by atoms with Gasteiger partial charge in [-0.1, -0.05) is 0 Å². The van der Waals surface area contributed by atoms with Crippen molar-refractivity contribution in [1.82, 2.24) is 4.90 Å². The van der Waals surface area contributed by atoms with Gasteiger partial charge in [0.15, 0.2) is 9.84 Å². The Morgan fingerprint density at radius 2 is 2.31 bits per heavy atom. The van der Waals surface area contributed by atoms with E-state index in [2.05, 4.69) is 4.90 Å². The van der Waals surface area contributed by atoms with Gasteiger partial charge in [0.2, 0.25) is 0 Å². The zero-order valence-electron chi connectivity index (χ0n) is 9.43. The van der Waals surface area contributed by atoms with Gasteiger partial charge in [0.1, 0.15) is 5.76 Å². The van der Waals surface area contributed by atoms with Crippen molar-refractivity contribution in [3.8, 4) is 0 Å². The Balaban J connectivity index is 1.99. The highest BCUT2D eigenvalue weighted by Crippen LogP contribution is 2.15. The van der Waals surface area contributed by atoms with Crippen LogP contribution in [0.3, 0.4) is 0 Å². The summed E-state index contributed by atoms with van der Waals surface area (Å²) in [6, 6.07) is 3.77. The molecule has 16 heavy (non-hydrogen) atoms. The summed E-state index contributed by atoms with van der Waals surface area (Å²) in [5.74, 6) is 1.15. The first-order chi connectivity index (χ1) is 7.58. The lowest BCUT2D eigenvalue weighted by Crippen LogP contribution is -2.26. The van der Waals surface area contributed by atoms with Crippen molar-refractivity contribution in [2.75, 3.05) is 18.8 Å². The number of rotatable bonds is 2. The van der Waals surface area contributed by atoms with E-state index in [0.29, 0.717) is 19.5 Å². The molecule has 0 amide bonds. The molecule has 2 heterocycles. The molecule has 0 saturated carbocycles. The maximum atomic E-state index is 11.7. The van der Waals surface area contributed by atoms with E-state index >= 15 is 0 Å². The maximum absolute atomic E-state index is 11.7. The Kier molecular flexibility index (Phi) is 3.35. The normalized spacial score (nSPS) is 26.4. The number of sulfone groups is 1. The summed E-state index contributed by atoms with van der Waals surface area (Å²) in [5, 5.41) is -0.214. The van der Waals surface area contributed by atoms with Gasteiger partial charge in [-0.25, -0.2) is 8.42 Å². The van der Waals surface area contributed by atoms with Crippen LogP contribution < -0.4 is 0 Å². The molecule has 4 nitrogen and oxygen atoms in total. The lowest BCUT2D eigenvalue weighted by atomic mass is 10.3. The molecule has 1 unspecified atom stereocenters. The van der Waals surface area contributed by atoms with Crippen LogP contribution in [-0.4, -0.2) is 37.4 Å². The predicted molar refractivity (Wildman–Crippen MR) is 61.9 cm³/mol. The summed E-state index contributed by atoms with van der Waals surface area (Å²) in [5.41, 5.74) is 0. The highest BCUT2D eigenvalue weighted by Gasteiger charge is 2.26. The molecule has 5 heteroatoms. The third-order valence-corrected chi connectivity index (χ3v) is 5.33. The summed E-state index contributed by atoms with van der Waals surface area (Å²) in [4.78, 5) is 2.14. The molecule has 0 aromatic carbocycles. The molecule has 0 aliphatic carbocycles. The fourth-order valence-corrected chi connectivity index (χ4v) is 3.27. The van der Waals surface area contributed by atoms with E-state index in [0.717, 1.165) is 12.3 Å². The molecule has 1 aromatic rings. The van der Waals surface area contributed by atoms with Gasteiger partial charge in [0.05, 0.1) is 23.8 Å². The monoisotopic (exact) mass is 243 g/mol. The van der Waals surface area contributed by atoms with E-state index in [-0.39, 0.29) is 11.0 Å². The second kappa shape index (κ2) is 4.59. The standard InChI is InChI=1S/C11H17NO3S/c1-10-4-5-12(6-8-16(10,13)14)9-11-3-2-7-15-11/h2-3,7,10H,4-6,8-9H2,1H3. The maximum Gasteiger partial charge on any atom is 0.154 e. The van der Waals surface area contributed by atoms with E-state index in [1.807, 2.05) is 12.1 Å². The molecular formula is C11H17NO3S. The molecule has 1 aliphatic rings. The van der Waals surface area contributed by atoms with Crippen molar-refractivity contribution < 1.29 is 12.8 Å². The first-order valence-electron chi connectivity index (χ1n) is 5.54. The Morgan fingerprint density at radius 1 is 1.50 bits per heavy atom. The van der Waals surface area contributed by atoms with Gasteiger partial charge in [0.25, 0.3) is 0 Å². The van der Waals surface area contributed by atoms with Crippen molar-refractivity contribution in [2.24, 2.45) is 0 Å². The second-order valence-electron chi connectivity index (χ2n) is 4.32. The molecule has 1 aliphatic heterocycles. The van der Waals surface area contributed by atoms with Crippen LogP contribution >= 0.6 is 0 Å². The smallest absolute Gasteiger partial charge is 0.154 e. The molecule has 90 valence electrons. The lowest BCUT2D eigenvalue weighted by Gasteiger charge is -2.17. The summed E-state index contributed by atoms with van der Waals surface area (Å²) in [7, 11) is -2.88. The van der Waals surface area contributed by atoms with Crippen LogP contribution in [0.5, 0.6) is 0 Å². The SMILES string of the molecule is CC1CCN(Cc2ccco2)CCS1(=O)=O. The first kappa shape index (κ1) is 11.7. The molecule has 0 N–H and O–H groups in total. The summed E-state index contributed by atoms with van der Waals surface area (Å²) < 4.78 is 28.7. The van der Waals surface area contributed by atoms with Crippen molar-refractivity contribution in [2.45, 2.75) is 25.1 Å². The largest absolute Gasteiger partial charge is 0.468 e. The average molecular weight is 243 g/mol. The topological polar surface area (TPSA) is 50.5 Å². The minimum atomic E-state index is -2.88. The van der Waals surface area contributed by atoms with E-state index in [1.165, 1.54) is 0 Å². The molecule has 0 radical (unpaired) electrons. The van der Waals surface area contributed by atoms with Crippen molar-refractivity contribution in [3.63, 3.8) is 0 Å². The van der Waals surface area contributed by atoms with Crippen molar-refractivity contribution in [1.29, 1.82) is 0 Å². The van der Waals surface area contributed by atoms with Gasteiger partial charge in [-0.2, -0.15) is 0 Å². The van der Waals surface area contributed by atoms with Crippen LogP contribution in [0.15, 0.2) is 22.8 Å². The Hall–Kier alpha value is -0.810. The third kappa shape index (κ3) is 2.65. The van der Waals surface area contributed by atoms with Crippen molar-refractivity contribution >= 4 is 9.84 Å². The fraction of sp³-hybridized carbons (Fsp3) is 0.636. The molecule has 0 spiro atoms. The zero-order valence-corrected chi connectivity index (χ0v) is 10.2. The highest BCUT2D eigenvalue weighted by atomic mass is 32.2. The van der Waals surface area contributed by atoms with Gasteiger partial charge in [0, 0.05) is 6.54 Å². The molecule has 1 atom stereocenters. The predicted octanol–water partition coefficient (Wildman–Crippen LogP) is 1.29. The summed E-state index contributed by atoms with van der Waals surface area (Å²) in [6.07, 6.45) is 2.36. The Morgan fingerprint density at radius 3 is 3.00 bits per heavy atom. The highest BCUT2D eigenvalue weighted by molar-refractivity contribution is 7.92. The van der Waals surface area contributed by atoms with E-state index in [9.17, 15) is 8.42 Å². The summed E-state index contributed by atoms with van der Waals surface area (Å²) in [6.45, 7) is 3.93.